The van der Waals surface area contributed by atoms with Crippen molar-refractivity contribution in [3.05, 3.63) is 18.6 Å². The monoisotopic (exact) mass is 317 g/mol. The molecule has 2 atom stereocenters. The second-order valence-electron chi connectivity index (χ2n) is 6.88. The topological polar surface area (TPSA) is 75.4 Å². The van der Waals surface area contributed by atoms with Gasteiger partial charge in [-0.15, -0.1) is 0 Å². The zero-order chi connectivity index (χ0) is 16.2. The molecule has 6 nitrogen and oxygen atoms in total. The molecule has 3 rings (SSSR count). The molecule has 0 spiro atoms. The second-order valence-corrected chi connectivity index (χ2v) is 6.88. The molecule has 6 heteroatoms. The number of nitrogens with zero attached hydrogens (tertiary/aromatic N) is 4. The number of carbonyl (C=O) groups is 1. The lowest BCUT2D eigenvalue weighted by Crippen LogP contribution is -2.52. The van der Waals surface area contributed by atoms with Crippen LogP contribution in [0.25, 0.3) is 0 Å². The largest absolute Gasteiger partial charge is 0.355 e. The number of rotatable bonds is 3. The van der Waals surface area contributed by atoms with Crippen LogP contribution in [0.5, 0.6) is 0 Å². The highest BCUT2D eigenvalue weighted by molar-refractivity contribution is 5.79. The number of hydrogen-bond donors (Lipinski definition) is 1. The molecule has 0 bridgehead atoms. The van der Waals surface area contributed by atoms with Crippen molar-refractivity contribution in [3.8, 4) is 0 Å². The molecular weight excluding hydrogens is 290 g/mol. The Morgan fingerprint density at radius 2 is 2.04 bits per heavy atom. The van der Waals surface area contributed by atoms with Gasteiger partial charge < -0.3 is 15.5 Å². The van der Waals surface area contributed by atoms with Gasteiger partial charge in [-0.3, -0.25) is 9.78 Å². The van der Waals surface area contributed by atoms with Crippen molar-refractivity contribution in [2.24, 2.45) is 17.6 Å². The molecule has 2 N–H and O–H groups in total. The maximum absolute atomic E-state index is 12.9. The quantitative estimate of drug-likeness (QED) is 0.909. The summed E-state index contributed by atoms with van der Waals surface area (Å²) < 4.78 is 0. The van der Waals surface area contributed by atoms with Gasteiger partial charge in [0.2, 0.25) is 5.91 Å². The third-order valence-corrected chi connectivity index (χ3v) is 5.25. The summed E-state index contributed by atoms with van der Waals surface area (Å²) in [6, 6.07) is 0.226. The van der Waals surface area contributed by atoms with Crippen LogP contribution in [0.4, 0.5) is 5.82 Å². The molecule has 1 aromatic heterocycles. The van der Waals surface area contributed by atoms with Crippen molar-refractivity contribution in [3.63, 3.8) is 0 Å². The third-order valence-electron chi connectivity index (χ3n) is 5.25. The van der Waals surface area contributed by atoms with Crippen molar-refractivity contribution >= 4 is 11.7 Å². The van der Waals surface area contributed by atoms with Gasteiger partial charge >= 0.3 is 0 Å². The number of amides is 1. The fourth-order valence-corrected chi connectivity index (χ4v) is 3.81. The van der Waals surface area contributed by atoms with Crippen molar-refractivity contribution in [2.45, 2.75) is 38.6 Å². The van der Waals surface area contributed by atoms with E-state index in [0.29, 0.717) is 18.4 Å². The first-order valence-electron chi connectivity index (χ1n) is 8.70. The van der Waals surface area contributed by atoms with E-state index in [-0.39, 0.29) is 12.0 Å². The molecule has 2 unspecified atom stereocenters. The number of carbonyl (C=O) groups excluding carboxylic acids is 1. The summed E-state index contributed by atoms with van der Waals surface area (Å²) in [5.41, 5.74) is 5.90. The lowest BCUT2D eigenvalue weighted by Gasteiger charge is -2.41. The number of likely N-dealkylation sites (tertiary alicyclic amines) is 1. The van der Waals surface area contributed by atoms with E-state index in [1.165, 1.54) is 0 Å². The summed E-state index contributed by atoms with van der Waals surface area (Å²) in [4.78, 5) is 25.6. The fraction of sp³-hybridized carbons (Fsp3) is 0.706. The average Bonchev–Trinajstić information content (AvgIpc) is 2.62. The van der Waals surface area contributed by atoms with Crippen LogP contribution in [0.3, 0.4) is 0 Å². The Labute approximate surface area is 138 Å². The molecule has 0 aliphatic carbocycles. The molecule has 23 heavy (non-hydrogen) atoms. The minimum Gasteiger partial charge on any atom is -0.355 e. The van der Waals surface area contributed by atoms with Crippen LogP contribution >= 0.6 is 0 Å². The molecule has 0 aromatic carbocycles. The highest BCUT2D eigenvalue weighted by Gasteiger charge is 2.34. The first kappa shape index (κ1) is 16.2. The molecule has 2 saturated heterocycles. The van der Waals surface area contributed by atoms with Gasteiger partial charge in [-0.1, -0.05) is 6.92 Å². The minimum absolute atomic E-state index is 0.130. The van der Waals surface area contributed by atoms with E-state index in [4.69, 9.17) is 5.73 Å². The zero-order valence-electron chi connectivity index (χ0n) is 13.9. The van der Waals surface area contributed by atoms with E-state index < -0.39 is 0 Å². The Balaban J connectivity index is 1.58. The van der Waals surface area contributed by atoms with Crippen molar-refractivity contribution in [1.29, 1.82) is 0 Å². The molecule has 2 fully saturated rings. The van der Waals surface area contributed by atoms with Crippen molar-refractivity contribution in [2.75, 3.05) is 31.1 Å². The summed E-state index contributed by atoms with van der Waals surface area (Å²) in [6.07, 6.45) is 9.11. The highest BCUT2D eigenvalue weighted by Crippen LogP contribution is 2.27. The van der Waals surface area contributed by atoms with E-state index in [1.807, 2.05) is 0 Å². The molecule has 3 heterocycles. The molecule has 0 radical (unpaired) electrons. The van der Waals surface area contributed by atoms with Gasteiger partial charge in [0.15, 0.2) is 0 Å². The van der Waals surface area contributed by atoms with Crippen LogP contribution in [-0.2, 0) is 4.79 Å². The number of aromatic nitrogens is 2. The Hall–Kier alpha value is -1.69. The fourth-order valence-electron chi connectivity index (χ4n) is 3.81. The number of anilines is 1. The molecular formula is C17H27N5O. The first-order chi connectivity index (χ1) is 11.2. The lowest BCUT2D eigenvalue weighted by molar-refractivity contribution is -0.140. The normalized spacial score (nSPS) is 26.3. The molecule has 2 aliphatic rings. The molecule has 2 aliphatic heterocycles. The number of hydrogen-bond acceptors (Lipinski definition) is 5. The van der Waals surface area contributed by atoms with Gasteiger partial charge in [-0.2, -0.15) is 0 Å². The van der Waals surface area contributed by atoms with E-state index in [9.17, 15) is 4.79 Å². The van der Waals surface area contributed by atoms with Gasteiger partial charge in [-0.05, 0) is 31.6 Å². The summed E-state index contributed by atoms with van der Waals surface area (Å²) in [5, 5.41) is 0. The van der Waals surface area contributed by atoms with Crippen molar-refractivity contribution in [1.82, 2.24) is 14.9 Å². The summed E-state index contributed by atoms with van der Waals surface area (Å²) >= 11 is 0. The van der Waals surface area contributed by atoms with Crippen LogP contribution in [0.1, 0.15) is 32.6 Å². The smallest absolute Gasteiger partial charge is 0.226 e. The third kappa shape index (κ3) is 3.63. The lowest BCUT2D eigenvalue weighted by atomic mass is 9.89. The predicted molar refractivity (Wildman–Crippen MR) is 89.9 cm³/mol. The van der Waals surface area contributed by atoms with Gasteiger partial charge in [0, 0.05) is 50.5 Å². The predicted octanol–water partition coefficient (Wildman–Crippen LogP) is 1.28. The Bertz CT molecular complexity index is 515. The Morgan fingerprint density at radius 3 is 2.70 bits per heavy atom. The maximum Gasteiger partial charge on any atom is 0.226 e. The summed E-state index contributed by atoms with van der Waals surface area (Å²) in [6.45, 7) is 5.43. The van der Waals surface area contributed by atoms with Gasteiger partial charge in [0.1, 0.15) is 5.82 Å². The standard InChI is InChI=1S/C17H27N5O/c1-13-2-9-22(15(10-13)11-18)17(23)14-3-7-21(8-4-14)16-12-19-5-6-20-16/h5-6,12-15H,2-4,7-11,18H2,1H3. The molecule has 1 aromatic rings. The molecule has 126 valence electrons. The SMILES string of the molecule is CC1CCN(C(=O)C2CCN(c3cnccn3)CC2)C(CN)C1. The Morgan fingerprint density at radius 1 is 1.26 bits per heavy atom. The number of piperidine rings is 2. The summed E-state index contributed by atoms with van der Waals surface area (Å²) in [5.74, 6) is 2.02. The second kappa shape index (κ2) is 7.25. The van der Waals surface area contributed by atoms with Gasteiger partial charge in [0.25, 0.3) is 0 Å². The van der Waals surface area contributed by atoms with E-state index in [2.05, 4.69) is 26.7 Å². The van der Waals surface area contributed by atoms with Gasteiger partial charge in [0.05, 0.1) is 6.20 Å². The van der Waals surface area contributed by atoms with Crippen LogP contribution in [0.15, 0.2) is 18.6 Å². The van der Waals surface area contributed by atoms with Crippen LogP contribution < -0.4 is 10.6 Å². The average molecular weight is 317 g/mol. The highest BCUT2D eigenvalue weighted by atomic mass is 16.2. The van der Waals surface area contributed by atoms with Crippen LogP contribution in [-0.4, -0.2) is 53.0 Å². The zero-order valence-corrected chi connectivity index (χ0v) is 13.9. The molecule has 0 saturated carbocycles. The number of nitrogens with two attached hydrogens (primary N) is 1. The summed E-state index contributed by atoms with van der Waals surface area (Å²) in [7, 11) is 0. The van der Waals surface area contributed by atoms with Crippen LogP contribution in [0, 0.1) is 11.8 Å². The minimum atomic E-state index is 0.130. The first-order valence-corrected chi connectivity index (χ1v) is 8.70. The maximum atomic E-state index is 12.9. The van der Waals surface area contributed by atoms with Crippen LogP contribution in [0.2, 0.25) is 0 Å². The van der Waals surface area contributed by atoms with E-state index in [1.54, 1.807) is 18.6 Å². The molecule has 1 amide bonds. The van der Waals surface area contributed by atoms with Crippen molar-refractivity contribution < 1.29 is 4.79 Å². The van der Waals surface area contributed by atoms with E-state index >= 15 is 0 Å². The Kier molecular flexibility index (Phi) is 5.10. The van der Waals surface area contributed by atoms with Gasteiger partial charge in [-0.25, -0.2) is 4.98 Å². The van der Waals surface area contributed by atoms with E-state index in [0.717, 1.165) is 51.1 Å².